The average Bonchev–Trinajstić information content (AvgIpc) is 3.39. The van der Waals surface area contributed by atoms with Gasteiger partial charge < -0.3 is 15.2 Å². The average molecular weight is 421 g/mol. The second-order valence-electron chi connectivity index (χ2n) is 8.67. The Balaban J connectivity index is 1.39. The third-order valence-corrected chi connectivity index (χ3v) is 6.52. The summed E-state index contributed by atoms with van der Waals surface area (Å²) in [5.74, 6) is 1.95. The molecule has 2 saturated heterocycles. The highest BCUT2D eigenvalue weighted by molar-refractivity contribution is 5.85. The fourth-order valence-electron chi connectivity index (χ4n) is 5.10. The summed E-state index contributed by atoms with van der Waals surface area (Å²) in [4.78, 5) is 16.4. The number of nitrogens with one attached hydrogen (secondary N) is 3. The molecule has 2 aliphatic rings. The molecule has 5 rings (SSSR count). The first-order valence-corrected chi connectivity index (χ1v) is 11.0. The number of hydrogen-bond acceptors (Lipinski definition) is 8. The van der Waals surface area contributed by atoms with E-state index in [0.717, 1.165) is 42.8 Å². The monoisotopic (exact) mass is 420 g/mol. The molecule has 31 heavy (non-hydrogen) atoms. The summed E-state index contributed by atoms with van der Waals surface area (Å²) in [6.07, 6.45) is 8.14. The van der Waals surface area contributed by atoms with Crippen LogP contribution in [0.2, 0.25) is 0 Å². The number of aromatic amines is 1. The molecule has 0 spiro atoms. The van der Waals surface area contributed by atoms with Gasteiger partial charge in [0.15, 0.2) is 17.3 Å². The number of anilines is 3. The minimum Gasteiger partial charge on any atom is -0.365 e. The summed E-state index contributed by atoms with van der Waals surface area (Å²) in [6, 6.07) is 5.69. The van der Waals surface area contributed by atoms with Gasteiger partial charge in [-0.1, -0.05) is 0 Å². The van der Waals surface area contributed by atoms with E-state index >= 15 is 0 Å². The van der Waals surface area contributed by atoms with Gasteiger partial charge in [-0.3, -0.25) is 10.00 Å². The maximum atomic E-state index is 9.02. The van der Waals surface area contributed by atoms with Crippen LogP contribution in [0.3, 0.4) is 0 Å². The molecule has 162 valence electrons. The number of H-pyrrole nitrogens is 1. The third-order valence-electron chi connectivity index (χ3n) is 6.52. The smallest absolute Gasteiger partial charge is 0.232 e. The zero-order chi connectivity index (χ0) is 21.4. The van der Waals surface area contributed by atoms with Gasteiger partial charge in [0.05, 0.1) is 12.4 Å². The SMILES string of the molecule is Cc1cc(Nc2nc(N[C@@H]3CCC4CC[C@@H](C3)N4CCC#N)c3c(ncn3C)n2)n[nH]1. The normalized spacial score (nSPS) is 23.6. The number of imidazole rings is 1. The minimum absolute atomic E-state index is 0.327. The molecule has 0 aromatic carbocycles. The fourth-order valence-corrected chi connectivity index (χ4v) is 5.10. The van der Waals surface area contributed by atoms with E-state index in [-0.39, 0.29) is 0 Å². The van der Waals surface area contributed by atoms with Crippen LogP contribution in [0.25, 0.3) is 11.2 Å². The number of rotatable bonds is 6. The van der Waals surface area contributed by atoms with E-state index in [2.05, 4.69) is 41.8 Å². The standard InChI is InChI=1S/C21H28N10/c1-13-10-17(29-28-13)25-21-26-19-18(30(2)12-23-19)20(27-21)24-14-4-5-15-6-7-16(11-14)31(15)9-3-8-22/h10,12,14-16H,3-7,9,11H2,1-2H3,(H3,24,25,26,27,28,29)/t14-,15?,16+/m1/s1. The van der Waals surface area contributed by atoms with E-state index in [0.29, 0.717) is 42.0 Å². The molecule has 5 heterocycles. The van der Waals surface area contributed by atoms with Crippen LogP contribution in [-0.2, 0) is 7.05 Å². The molecule has 2 aliphatic heterocycles. The van der Waals surface area contributed by atoms with Gasteiger partial charge in [0.1, 0.15) is 5.52 Å². The van der Waals surface area contributed by atoms with Crippen molar-refractivity contribution < 1.29 is 0 Å². The van der Waals surface area contributed by atoms with E-state index in [9.17, 15) is 0 Å². The van der Waals surface area contributed by atoms with E-state index < -0.39 is 0 Å². The van der Waals surface area contributed by atoms with E-state index in [1.165, 1.54) is 12.8 Å². The van der Waals surface area contributed by atoms with Gasteiger partial charge in [-0.25, -0.2) is 4.98 Å². The summed E-state index contributed by atoms with van der Waals surface area (Å²) < 4.78 is 1.96. The highest BCUT2D eigenvalue weighted by Gasteiger charge is 2.37. The topological polar surface area (TPSA) is 123 Å². The minimum atomic E-state index is 0.327. The van der Waals surface area contributed by atoms with Crippen LogP contribution in [0.4, 0.5) is 17.6 Å². The number of nitrogens with zero attached hydrogens (tertiary/aromatic N) is 7. The highest BCUT2D eigenvalue weighted by atomic mass is 15.3. The summed E-state index contributed by atoms with van der Waals surface area (Å²) in [6.45, 7) is 2.84. The Kier molecular flexibility index (Phi) is 5.19. The Morgan fingerprint density at radius 3 is 2.87 bits per heavy atom. The fraction of sp³-hybridized carbons (Fsp3) is 0.571. The summed E-state index contributed by atoms with van der Waals surface area (Å²) in [5.41, 5.74) is 2.52. The first-order valence-electron chi connectivity index (χ1n) is 11.0. The quantitative estimate of drug-likeness (QED) is 0.556. The molecule has 1 unspecified atom stereocenters. The van der Waals surface area contributed by atoms with Crippen molar-refractivity contribution in [1.29, 1.82) is 5.26 Å². The lowest BCUT2D eigenvalue weighted by Crippen LogP contribution is -2.36. The molecule has 2 bridgehead atoms. The van der Waals surface area contributed by atoms with Crippen molar-refractivity contribution in [3.8, 4) is 6.07 Å². The maximum absolute atomic E-state index is 9.02. The van der Waals surface area contributed by atoms with E-state index in [1.54, 1.807) is 6.33 Å². The van der Waals surface area contributed by atoms with Gasteiger partial charge in [-0.05, 0) is 39.0 Å². The van der Waals surface area contributed by atoms with Gasteiger partial charge in [0.2, 0.25) is 5.95 Å². The Morgan fingerprint density at radius 1 is 1.23 bits per heavy atom. The molecule has 2 fully saturated rings. The van der Waals surface area contributed by atoms with Crippen LogP contribution < -0.4 is 10.6 Å². The summed E-state index contributed by atoms with van der Waals surface area (Å²) >= 11 is 0. The molecule has 0 amide bonds. The van der Waals surface area contributed by atoms with Gasteiger partial charge in [-0.15, -0.1) is 0 Å². The molecular formula is C21H28N10. The van der Waals surface area contributed by atoms with Crippen molar-refractivity contribution in [3.63, 3.8) is 0 Å². The lowest BCUT2D eigenvalue weighted by Gasteiger charge is -2.27. The van der Waals surface area contributed by atoms with Crippen molar-refractivity contribution in [2.24, 2.45) is 7.05 Å². The predicted octanol–water partition coefficient (Wildman–Crippen LogP) is 2.85. The van der Waals surface area contributed by atoms with Crippen molar-refractivity contribution in [2.75, 3.05) is 17.2 Å². The first kappa shape index (κ1) is 19.8. The van der Waals surface area contributed by atoms with Crippen molar-refractivity contribution in [2.45, 2.75) is 63.6 Å². The molecule has 3 atom stereocenters. The van der Waals surface area contributed by atoms with Crippen LogP contribution in [0, 0.1) is 18.3 Å². The van der Waals surface area contributed by atoms with Gasteiger partial charge in [-0.2, -0.15) is 20.3 Å². The lowest BCUT2D eigenvalue weighted by molar-refractivity contribution is 0.198. The molecule has 0 aliphatic carbocycles. The number of nitriles is 1. The molecule has 3 aromatic heterocycles. The van der Waals surface area contributed by atoms with Crippen LogP contribution >= 0.6 is 0 Å². The molecule has 0 saturated carbocycles. The molecule has 3 N–H and O–H groups in total. The second-order valence-corrected chi connectivity index (χ2v) is 8.67. The Bertz CT molecular complexity index is 1110. The Morgan fingerprint density at radius 2 is 2.06 bits per heavy atom. The molecule has 10 heteroatoms. The van der Waals surface area contributed by atoms with Gasteiger partial charge in [0, 0.05) is 49.9 Å². The zero-order valence-corrected chi connectivity index (χ0v) is 18.0. The van der Waals surface area contributed by atoms with Gasteiger partial charge in [0.25, 0.3) is 0 Å². The van der Waals surface area contributed by atoms with Crippen LogP contribution in [-0.4, -0.2) is 59.3 Å². The van der Waals surface area contributed by atoms with E-state index in [1.807, 2.05) is 24.6 Å². The molecule has 0 radical (unpaired) electrons. The van der Waals surface area contributed by atoms with Crippen LogP contribution in [0.1, 0.15) is 44.2 Å². The Labute approximate surface area is 181 Å². The predicted molar refractivity (Wildman–Crippen MR) is 118 cm³/mol. The largest absolute Gasteiger partial charge is 0.365 e. The molecule has 3 aromatic rings. The van der Waals surface area contributed by atoms with Crippen molar-refractivity contribution >= 4 is 28.7 Å². The van der Waals surface area contributed by atoms with Crippen molar-refractivity contribution in [1.82, 2.24) is 34.6 Å². The van der Waals surface area contributed by atoms with Crippen LogP contribution in [0.5, 0.6) is 0 Å². The number of aryl methyl sites for hydroxylation is 2. The van der Waals surface area contributed by atoms with Gasteiger partial charge >= 0.3 is 0 Å². The first-order chi connectivity index (χ1) is 15.1. The number of hydrogen-bond donors (Lipinski definition) is 3. The molecular weight excluding hydrogens is 392 g/mol. The summed E-state index contributed by atoms with van der Waals surface area (Å²) in [5, 5.41) is 23.1. The third kappa shape index (κ3) is 3.93. The second kappa shape index (κ2) is 8.15. The zero-order valence-electron chi connectivity index (χ0n) is 18.0. The van der Waals surface area contributed by atoms with Crippen LogP contribution in [0.15, 0.2) is 12.4 Å². The van der Waals surface area contributed by atoms with E-state index in [4.69, 9.17) is 10.2 Å². The Hall–Kier alpha value is -3.19. The maximum Gasteiger partial charge on any atom is 0.232 e. The summed E-state index contributed by atoms with van der Waals surface area (Å²) in [7, 11) is 1.97. The van der Waals surface area contributed by atoms with Crippen molar-refractivity contribution in [3.05, 3.63) is 18.1 Å². The molecule has 10 nitrogen and oxygen atoms in total. The number of fused-ring (bicyclic) bond motifs is 3. The number of aromatic nitrogens is 6. The lowest BCUT2D eigenvalue weighted by atomic mass is 9.97. The highest BCUT2D eigenvalue weighted by Crippen LogP contribution is 2.36.